The van der Waals surface area contributed by atoms with E-state index in [1.54, 1.807) is 18.2 Å². The molecule has 0 aliphatic heterocycles. The van der Waals surface area contributed by atoms with Crippen molar-refractivity contribution in [3.05, 3.63) is 102 Å². The molecule has 0 aliphatic carbocycles. The highest BCUT2D eigenvalue weighted by Gasteiger charge is 2.25. The van der Waals surface area contributed by atoms with Crippen LogP contribution in [0.2, 0.25) is 0 Å². The third kappa shape index (κ3) is 17.4. The van der Waals surface area contributed by atoms with Crippen molar-refractivity contribution in [3.63, 3.8) is 0 Å². The maximum Gasteiger partial charge on any atom is 0.251 e. The minimum Gasteiger partial charge on any atom is -0.353 e. The van der Waals surface area contributed by atoms with Gasteiger partial charge in [-0.05, 0) is 70.7 Å². The summed E-state index contributed by atoms with van der Waals surface area (Å²) in [4.78, 5) is 51.4. The van der Waals surface area contributed by atoms with Crippen LogP contribution >= 0.6 is 0 Å². The largest absolute Gasteiger partial charge is 0.353 e. The fourth-order valence-electron chi connectivity index (χ4n) is 3.92. The molecule has 0 radical (unpaired) electrons. The predicted octanol–water partition coefficient (Wildman–Crippen LogP) is 6.11. The molecule has 1 atom stereocenters. The molecule has 4 N–H and O–H groups in total. The highest BCUT2D eigenvalue weighted by atomic mass is 16.2. The smallest absolute Gasteiger partial charge is 0.251 e. The minimum absolute atomic E-state index is 0.108. The zero-order valence-corrected chi connectivity index (χ0v) is 28.5. The summed E-state index contributed by atoms with van der Waals surface area (Å²) >= 11 is 0. The van der Waals surface area contributed by atoms with Gasteiger partial charge in [-0.3, -0.25) is 19.2 Å². The summed E-state index contributed by atoms with van der Waals surface area (Å²) in [6, 6.07) is 8.57. The van der Waals surface area contributed by atoms with Gasteiger partial charge in [0.15, 0.2) is 0 Å². The van der Waals surface area contributed by atoms with Gasteiger partial charge in [0, 0.05) is 30.6 Å². The Morgan fingerprint density at radius 2 is 1.51 bits per heavy atom. The van der Waals surface area contributed by atoms with Crippen LogP contribution in [0, 0.1) is 0 Å². The van der Waals surface area contributed by atoms with Gasteiger partial charge in [0.25, 0.3) is 5.91 Å². The third-order valence-electron chi connectivity index (χ3n) is 6.08. The quantitative estimate of drug-likeness (QED) is 0.102. The normalized spacial score (nSPS) is 12.2. The van der Waals surface area contributed by atoms with Crippen molar-refractivity contribution in [2.45, 2.75) is 86.2 Å². The van der Waals surface area contributed by atoms with Crippen LogP contribution in [0.5, 0.6) is 0 Å². The van der Waals surface area contributed by atoms with Gasteiger partial charge in [0.1, 0.15) is 6.04 Å². The van der Waals surface area contributed by atoms with Crippen molar-refractivity contribution < 1.29 is 19.2 Å². The fraction of sp³-hybridized carbons (Fsp3) is 0.405. The first-order valence-electron chi connectivity index (χ1n) is 15.5. The summed E-state index contributed by atoms with van der Waals surface area (Å²) in [6.45, 7) is 23.0. The van der Waals surface area contributed by atoms with Gasteiger partial charge in [-0.1, -0.05) is 93.3 Å². The molecule has 1 unspecified atom stereocenters. The molecule has 0 saturated heterocycles. The Balaban J connectivity index is 0.00000947. The van der Waals surface area contributed by atoms with Crippen molar-refractivity contribution in [3.8, 4) is 0 Å². The summed E-state index contributed by atoms with van der Waals surface area (Å²) in [5.74, 6) is -1.53. The standard InChI is InChI=1S/C35H48N4O4.C2H6/c1-9-12-16-26(10-2)19-20-31(40)38-30(24-32(41)39-35(6,7)8)34(43)37-22-21-36-33(42)29(25(4)5)23-27(11-3)28-17-14-13-15-18-28;1-2/h9-18,23,30H,2-3,19-22,24H2,1,4-8H3,(H,36,42)(H,37,43)(H,38,40)(H,39,41);1-2H3/b12-9-,26-16+,27-23+;. The van der Waals surface area contributed by atoms with Gasteiger partial charge in [-0.2, -0.15) is 0 Å². The Morgan fingerprint density at radius 3 is 2.04 bits per heavy atom. The molecule has 45 heavy (non-hydrogen) atoms. The summed E-state index contributed by atoms with van der Waals surface area (Å²) in [5, 5.41) is 11.1. The minimum atomic E-state index is -1.07. The van der Waals surface area contributed by atoms with Gasteiger partial charge in [0.05, 0.1) is 6.42 Å². The number of rotatable bonds is 16. The zero-order chi connectivity index (χ0) is 34.4. The molecule has 246 valence electrons. The van der Waals surface area contributed by atoms with E-state index in [1.165, 1.54) is 0 Å². The van der Waals surface area contributed by atoms with Crippen LogP contribution in [0.4, 0.5) is 0 Å². The molecule has 8 nitrogen and oxygen atoms in total. The van der Waals surface area contributed by atoms with E-state index >= 15 is 0 Å². The summed E-state index contributed by atoms with van der Waals surface area (Å²) in [7, 11) is 0. The van der Waals surface area contributed by atoms with Crippen molar-refractivity contribution in [1.82, 2.24) is 21.3 Å². The maximum atomic E-state index is 13.1. The molecule has 0 bridgehead atoms. The number of amides is 4. The van der Waals surface area contributed by atoms with Crippen LogP contribution in [0.15, 0.2) is 96.7 Å². The van der Waals surface area contributed by atoms with E-state index in [9.17, 15) is 19.2 Å². The lowest BCUT2D eigenvalue weighted by atomic mass is 10.0. The number of hydrogen-bond acceptors (Lipinski definition) is 4. The summed E-state index contributed by atoms with van der Waals surface area (Å²) in [5.41, 5.74) is 3.46. The molecule has 0 aromatic heterocycles. The topological polar surface area (TPSA) is 116 Å². The van der Waals surface area contributed by atoms with Crippen LogP contribution in [0.1, 0.15) is 80.2 Å². The Labute approximate surface area is 270 Å². The number of benzene rings is 1. The molecule has 0 fully saturated rings. The summed E-state index contributed by atoms with van der Waals surface area (Å²) in [6.07, 6.45) is 11.1. The molecule has 1 rings (SSSR count). The lowest BCUT2D eigenvalue weighted by molar-refractivity contribution is -0.132. The third-order valence-corrected chi connectivity index (χ3v) is 6.08. The molecule has 0 aliphatic rings. The lowest BCUT2D eigenvalue weighted by Gasteiger charge is -2.23. The lowest BCUT2D eigenvalue weighted by Crippen LogP contribution is -2.51. The van der Waals surface area contributed by atoms with E-state index in [4.69, 9.17) is 0 Å². The average Bonchev–Trinajstić information content (AvgIpc) is 2.99. The molecule has 0 spiro atoms. The van der Waals surface area contributed by atoms with Crippen LogP contribution in [0.25, 0.3) is 5.57 Å². The Hall–Kier alpha value is -4.46. The number of carbonyl (C=O) groups is 4. The van der Waals surface area contributed by atoms with Crippen LogP contribution < -0.4 is 21.3 Å². The molecule has 8 heteroatoms. The fourth-order valence-corrected chi connectivity index (χ4v) is 3.92. The van der Waals surface area contributed by atoms with E-state index in [0.717, 1.165) is 22.3 Å². The number of nitrogens with one attached hydrogen (secondary N) is 4. The number of hydrogen-bond donors (Lipinski definition) is 4. The van der Waals surface area contributed by atoms with Crippen LogP contribution in [-0.4, -0.2) is 48.3 Å². The highest BCUT2D eigenvalue weighted by Crippen LogP contribution is 2.19. The molecular weight excluding hydrogens is 564 g/mol. The first kappa shape index (κ1) is 40.5. The predicted molar refractivity (Wildman–Crippen MR) is 187 cm³/mol. The van der Waals surface area contributed by atoms with Gasteiger partial charge >= 0.3 is 0 Å². The van der Waals surface area contributed by atoms with Crippen molar-refractivity contribution in [1.29, 1.82) is 0 Å². The first-order chi connectivity index (χ1) is 21.3. The SMILES string of the molecule is C=C/C(=C\C=C/C)CCC(=O)NC(CC(=O)NC(C)(C)C)C(=O)NCCNC(=O)C(/C=C(\C=C)c1ccccc1)=C(C)C.CC. The average molecular weight is 619 g/mol. The number of allylic oxidation sites excluding steroid dienone is 8. The molecule has 0 heterocycles. The van der Waals surface area contributed by atoms with Gasteiger partial charge in [-0.25, -0.2) is 0 Å². The summed E-state index contributed by atoms with van der Waals surface area (Å²) < 4.78 is 0. The van der Waals surface area contributed by atoms with Crippen molar-refractivity contribution in [2.75, 3.05) is 13.1 Å². The van der Waals surface area contributed by atoms with Crippen LogP contribution in [-0.2, 0) is 19.2 Å². The van der Waals surface area contributed by atoms with E-state index in [-0.39, 0.29) is 43.7 Å². The van der Waals surface area contributed by atoms with Crippen molar-refractivity contribution >= 4 is 29.2 Å². The molecule has 4 amide bonds. The molecule has 1 aromatic carbocycles. The monoisotopic (exact) mass is 618 g/mol. The number of carbonyl (C=O) groups excluding carboxylic acids is 4. The first-order valence-corrected chi connectivity index (χ1v) is 15.5. The van der Waals surface area contributed by atoms with Crippen molar-refractivity contribution in [2.24, 2.45) is 0 Å². The Bertz CT molecular complexity index is 1260. The molecular formula is C37H54N4O4. The second-order valence-electron chi connectivity index (χ2n) is 11.2. The van der Waals surface area contributed by atoms with Gasteiger partial charge < -0.3 is 21.3 Å². The van der Waals surface area contributed by atoms with E-state index in [0.29, 0.717) is 12.0 Å². The Kier molecular flexibility index (Phi) is 19.9. The maximum absolute atomic E-state index is 13.1. The highest BCUT2D eigenvalue weighted by molar-refractivity contribution is 5.99. The second-order valence-corrected chi connectivity index (χ2v) is 11.2. The van der Waals surface area contributed by atoms with Crippen LogP contribution in [0.3, 0.4) is 0 Å². The zero-order valence-electron chi connectivity index (χ0n) is 28.5. The van der Waals surface area contributed by atoms with E-state index < -0.39 is 17.5 Å². The van der Waals surface area contributed by atoms with E-state index in [1.807, 2.05) is 104 Å². The molecule has 1 aromatic rings. The Morgan fingerprint density at radius 1 is 0.889 bits per heavy atom. The van der Waals surface area contributed by atoms with Gasteiger partial charge in [0.2, 0.25) is 17.7 Å². The van der Waals surface area contributed by atoms with Gasteiger partial charge in [-0.15, -0.1) is 0 Å². The second kappa shape index (κ2) is 22.1. The molecule has 0 saturated carbocycles. The van der Waals surface area contributed by atoms with E-state index in [2.05, 4.69) is 34.4 Å².